The van der Waals surface area contributed by atoms with Crippen molar-refractivity contribution in [3.63, 3.8) is 0 Å². The van der Waals surface area contributed by atoms with E-state index in [2.05, 4.69) is 22.6 Å². The Balaban J connectivity index is 2.18. The first-order valence-electron chi connectivity index (χ1n) is 6.50. The Kier molecular flexibility index (Phi) is 5.00. The summed E-state index contributed by atoms with van der Waals surface area (Å²) in [6.45, 7) is 3.26. The predicted octanol–water partition coefficient (Wildman–Crippen LogP) is 3.54. The van der Waals surface area contributed by atoms with E-state index in [4.69, 9.17) is 5.73 Å². The molecule has 0 spiro atoms. The second kappa shape index (κ2) is 6.74. The molecule has 3 nitrogen and oxygen atoms in total. The van der Waals surface area contributed by atoms with Crippen LogP contribution in [0.3, 0.4) is 0 Å². The van der Waals surface area contributed by atoms with Crippen LogP contribution < -0.4 is 5.73 Å². The summed E-state index contributed by atoms with van der Waals surface area (Å²) in [5.41, 5.74) is 8.25. The zero-order valence-electron chi connectivity index (χ0n) is 11.3. The van der Waals surface area contributed by atoms with Gasteiger partial charge in [0.15, 0.2) is 0 Å². The van der Waals surface area contributed by atoms with Crippen molar-refractivity contribution in [1.82, 2.24) is 4.90 Å². The highest BCUT2D eigenvalue weighted by Crippen LogP contribution is 2.16. The summed E-state index contributed by atoms with van der Waals surface area (Å²) in [6, 6.07) is 15.3. The molecule has 2 rings (SSSR count). The van der Waals surface area contributed by atoms with E-state index in [0.717, 1.165) is 20.4 Å². The molecule has 0 unspecified atom stereocenters. The summed E-state index contributed by atoms with van der Waals surface area (Å²) in [5.74, 6) is 0.0642. The van der Waals surface area contributed by atoms with Gasteiger partial charge in [-0.1, -0.05) is 24.3 Å². The highest BCUT2D eigenvalue weighted by Gasteiger charge is 2.16. The maximum Gasteiger partial charge on any atom is 0.255 e. The maximum atomic E-state index is 12.6. The van der Waals surface area contributed by atoms with Crippen molar-refractivity contribution in [2.75, 3.05) is 12.3 Å². The van der Waals surface area contributed by atoms with Gasteiger partial charge in [0.25, 0.3) is 5.91 Å². The molecule has 0 bridgehead atoms. The van der Waals surface area contributed by atoms with Crippen molar-refractivity contribution in [2.45, 2.75) is 13.5 Å². The first-order chi connectivity index (χ1) is 9.61. The fraction of sp³-hybridized carbons (Fsp3) is 0.188. The van der Waals surface area contributed by atoms with Crippen molar-refractivity contribution >= 4 is 34.2 Å². The van der Waals surface area contributed by atoms with Gasteiger partial charge < -0.3 is 10.6 Å². The molecule has 0 fully saturated rings. The summed E-state index contributed by atoms with van der Waals surface area (Å²) in [6.07, 6.45) is 0. The van der Waals surface area contributed by atoms with Gasteiger partial charge in [-0.15, -0.1) is 0 Å². The van der Waals surface area contributed by atoms with Crippen LogP contribution in [0, 0.1) is 3.57 Å². The second-order valence-electron chi connectivity index (χ2n) is 4.54. The van der Waals surface area contributed by atoms with Crippen molar-refractivity contribution in [2.24, 2.45) is 0 Å². The van der Waals surface area contributed by atoms with E-state index in [1.54, 1.807) is 0 Å². The quantitative estimate of drug-likeness (QED) is 0.652. The number of hydrogen-bond donors (Lipinski definition) is 1. The van der Waals surface area contributed by atoms with E-state index < -0.39 is 0 Å². The van der Waals surface area contributed by atoms with Crippen LogP contribution in [0.5, 0.6) is 0 Å². The molecule has 0 aliphatic rings. The molecule has 0 saturated carbocycles. The minimum absolute atomic E-state index is 0.0642. The minimum Gasteiger partial charge on any atom is -0.399 e. The fourth-order valence-corrected chi connectivity index (χ4v) is 2.59. The number of nitrogens with zero attached hydrogens (tertiary/aromatic N) is 1. The standard InChI is InChI=1S/C16H17IN2O/c1-2-19(11-12-7-9-13(18)10-8-12)16(20)14-5-3-4-6-15(14)17/h3-10H,2,11,18H2,1H3. The molecular weight excluding hydrogens is 363 g/mol. The Morgan fingerprint density at radius 2 is 1.80 bits per heavy atom. The smallest absolute Gasteiger partial charge is 0.255 e. The molecule has 0 aromatic heterocycles. The van der Waals surface area contributed by atoms with Crippen LogP contribution in [-0.2, 0) is 6.54 Å². The van der Waals surface area contributed by atoms with Gasteiger partial charge in [0.1, 0.15) is 0 Å². The zero-order valence-corrected chi connectivity index (χ0v) is 13.5. The van der Waals surface area contributed by atoms with E-state index in [9.17, 15) is 4.79 Å². The summed E-state index contributed by atoms with van der Waals surface area (Å²) in [5, 5.41) is 0. The molecule has 2 N–H and O–H groups in total. The molecule has 104 valence electrons. The van der Waals surface area contributed by atoms with Crippen molar-refractivity contribution in [3.05, 3.63) is 63.2 Å². The summed E-state index contributed by atoms with van der Waals surface area (Å²) in [7, 11) is 0. The Bertz CT molecular complexity index is 596. The second-order valence-corrected chi connectivity index (χ2v) is 5.70. The number of nitrogen functional groups attached to an aromatic ring is 1. The third kappa shape index (κ3) is 3.50. The van der Waals surface area contributed by atoms with Crippen LogP contribution >= 0.6 is 22.6 Å². The highest BCUT2D eigenvalue weighted by atomic mass is 127. The van der Waals surface area contributed by atoms with Crippen LogP contribution in [-0.4, -0.2) is 17.4 Å². The minimum atomic E-state index is 0.0642. The largest absolute Gasteiger partial charge is 0.399 e. The number of rotatable bonds is 4. The lowest BCUT2D eigenvalue weighted by Crippen LogP contribution is -2.30. The lowest BCUT2D eigenvalue weighted by molar-refractivity contribution is 0.0751. The third-order valence-corrected chi connectivity index (χ3v) is 4.07. The molecule has 4 heteroatoms. The van der Waals surface area contributed by atoms with E-state index in [1.165, 1.54) is 0 Å². The molecule has 1 amide bonds. The van der Waals surface area contributed by atoms with Gasteiger partial charge in [0.05, 0.1) is 5.56 Å². The SMILES string of the molecule is CCN(Cc1ccc(N)cc1)C(=O)c1ccccc1I. The molecule has 0 heterocycles. The molecule has 0 aliphatic heterocycles. The fourth-order valence-electron chi connectivity index (χ4n) is 1.98. The van der Waals surface area contributed by atoms with E-state index >= 15 is 0 Å². The van der Waals surface area contributed by atoms with Gasteiger partial charge in [0.2, 0.25) is 0 Å². The van der Waals surface area contributed by atoms with Crippen molar-refractivity contribution < 1.29 is 4.79 Å². The van der Waals surface area contributed by atoms with E-state index in [0.29, 0.717) is 13.1 Å². The van der Waals surface area contributed by atoms with Gasteiger partial charge >= 0.3 is 0 Å². The number of halogens is 1. The Morgan fingerprint density at radius 1 is 1.15 bits per heavy atom. The first-order valence-corrected chi connectivity index (χ1v) is 7.58. The van der Waals surface area contributed by atoms with Gasteiger partial charge in [0, 0.05) is 22.3 Å². The monoisotopic (exact) mass is 380 g/mol. The summed E-state index contributed by atoms with van der Waals surface area (Å²) < 4.78 is 0.978. The number of benzene rings is 2. The van der Waals surface area contributed by atoms with Crippen LogP contribution in [0.25, 0.3) is 0 Å². The number of amides is 1. The molecular formula is C16H17IN2O. The van der Waals surface area contributed by atoms with Gasteiger partial charge in [-0.25, -0.2) is 0 Å². The third-order valence-electron chi connectivity index (χ3n) is 3.13. The van der Waals surface area contributed by atoms with Crippen LogP contribution in [0.2, 0.25) is 0 Å². The Morgan fingerprint density at radius 3 is 2.40 bits per heavy atom. The maximum absolute atomic E-state index is 12.6. The number of carbonyl (C=O) groups excluding carboxylic acids is 1. The van der Waals surface area contributed by atoms with Crippen LogP contribution in [0.4, 0.5) is 5.69 Å². The van der Waals surface area contributed by atoms with Crippen LogP contribution in [0.15, 0.2) is 48.5 Å². The van der Waals surface area contributed by atoms with E-state index in [-0.39, 0.29) is 5.91 Å². The lowest BCUT2D eigenvalue weighted by Gasteiger charge is -2.21. The molecule has 2 aromatic carbocycles. The van der Waals surface area contributed by atoms with Gasteiger partial charge in [-0.2, -0.15) is 0 Å². The van der Waals surface area contributed by atoms with Crippen LogP contribution in [0.1, 0.15) is 22.8 Å². The molecule has 0 atom stereocenters. The zero-order chi connectivity index (χ0) is 14.5. The number of carbonyl (C=O) groups is 1. The predicted molar refractivity (Wildman–Crippen MR) is 90.4 cm³/mol. The van der Waals surface area contributed by atoms with Crippen molar-refractivity contribution in [3.8, 4) is 0 Å². The Labute approximate surface area is 132 Å². The summed E-state index contributed by atoms with van der Waals surface area (Å²) in [4.78, 5) is 14.4. The lowest BCUT2D eigenvalue weighted by atomic mass is 10.1. The molecule has 0 aliphatic carbocycles. The first kappa shape index (κ1) is 14.8. The number of nitrogens with two attached hydrogens (primary N) is 1. The van der Waals surface area contributed by atoms with E-state index in [1.807, 2.05) is 60.4 Å². The number of hydrogen-bond acceptors (Lipinski definition) is 2. The average Bonchev–Trinajstić information content (AvgIpc) is 2.46. The average molecular weight is 380 g/mol. The molecule has 0 saturated heterocycles. The van der Waals surface area contributed by atoms with Gasteiger partial charge in [-0.3, -0.25) is 4.79 Å². The molecule has 0 radical (unpaired) electrons. The van der Waals surface area contributed by atoms with Gasteiger partial charge in [-0.05, 0) is 59.3 Å². The molecule has 2 aromatic rings. The Hall–Kier alpha value is -1.56. The van der Waals surface area contributed by atoms with Crippen molar-refractivity contribution in [1.29, 1.82) is 0 Å². The topological polar surface area (TPSA) is 46.3 Å². The normalized spacial score (nSPS) is 10.3. The molecule has 20 heavy (non-hydrogen) atoms. The summed E-state index contributed by atoms with van der Waals surface area (Å²) >= 11 is 2.20. The highest BCUT2D eigenvalue weighted by molar-refractivity contribution is 14.1. The number of anilines is 1.